The molecule has 19 heavy (non-hydrogen) atoms. The minimum Gasteiger partial charge on any atom is -0.327 e. The smallest absolute Gasteiger partial charge is 0.238 e. The van der Waals surface area contributed by atoms with Crippen LogP contribution in [0.3, 0.4) is 0 Å². The van der Waals surface area contributed by atoms with Crippen molar-refractivity contribution in [3.8, 4) is 0 Å². The number of nitrogens with one attached hydrogen (secondary N) is 1. The molecule has 1 amide bonds. The second-order valence-electron chi connectivity index (χ2n) is 5.32. The average Bonchev–Trinajstić information content (AvgIpc) is 2.30. The Bertz CT molecular complexity index is 442. The van der Waals surface area contributed by atoms with E-state index in [1.807, 2.05) is 4.90 Å². The zero-order valence-corrected chi connectivity index (χ0v) is 11.1. The van der Waals surface area contributed by atoms with Gasteiger partial charge in [0.1, 0.15) is 5.82 Å². The van der Waals surface area contributed by atoms with Crippen molar-refractivity contribution in [1.29, 1.82) is 0 Å². The maximum atomic E-state index is 13.4. The highest BCUT2D eigenvalue weighted by molar-refractivity contribution is 5.92. The number of benzene rings is 1. The van der Waals surface area contributed by atoms with Crippen molar-refractivity contribution in [2.45, 2.75) is 19.4 Å². The molecule has 1 aromatic carbocycles. The fourth-order valence-electron chi connectivity index (χ4n) is 2.60. The maximum Gasteiger partial charge on any atom is 0.238 e. The molecule has 1 heterocycles. The van der Waals surface area contributed by atoms with Gasteiger partial charge in [0.15, 0.2) is 0 Å². The molecule has 1 aliphatic rings. The molecule has 0 radical (unpaired) electrons. The summed E-state index contributed by atoms with van der Waals surface area (Å²) >= 11 is 0. The van der Waals surface area contributed by atoms with E-state index in [1.54, 1.807) is 18.2 Å². The van der Waals surface area contributed by atoms with E-state index >= 15 is 0 Å². The van der Waals surface area contributed by atoms with E-state index in [0.29, 0.717) is 5.92 Å². The van der Waals surface area contributed by atoms with Gasteiger partial charge in [-0.05, 0) is 24.5 Å². The van der Waals surface area contributed by atoms with Gasteiger partial charge < -0.3 is 11.1 Å². The molecule has 104 valence electrons. The number of piperidine rings is 1. The molecule has 0 bridgehead atoms. The molecule has 2 atom stereocenters. The largest absolute Gasteiger partial charge is 0.327 e. The Morgan fingerprint density at radius 3 is 2.89 bits per heavy atom. The number of amides is 1. The number of anilines is 1. The zero-order valence-electron chi connectivity index (χ0n) is 11.1. The highest BCUT2D eigenvalue weighted by atomic mass is 19.1. The first-order valence-electron chi connectivity index (χ1n) is 6.57. The van der Waals surface area contributed by atoms with Crippen LogP contribution in [0.25, 0.3) is 0 Å². The Morgan fingerprint density at radius 2 is 2.21 bits per heavy atom. The molecule has 2 rings (SSSR count). The van der Waals surface area contributed by atoms with Crippen molar-refractivity contribution in [2.24, 2.45) is 11.7 Å². The lowest BCUT2D eigenvalue weighted by Gasteiger charge is -2.34. The summed E-state index contributed by atoms with van der Waals surface area (Å²) in [7, 11) is 0. The normalized spacial score (nSPS) is 24.2. The quantitative estimate of drug-likeness (QED) is 0.869. The minimum absolute atomic E-state index is 0.116. The second-order valence-corrected chi connectivity index (χ2v) is 5.32. The van der Waals surface area contributed by atoms with Crippen LogP contribution >= 0.6 is 0 Å². The van der Waals surface area contributed by atoms with Gasteiger partial charge in [-0.1, -0.05) is 19.1 Å². The molecular weight excluding hydrogens is 245 g/mol. The van der Waals surface area contributed by atoms with Crippen LogP contribution < -0.4 is 11.1 Å². The molecule has 0 saturated carbocycles. The van der Waals surface area contributed by atoms with E-state index in [0.717, 1.165) is 19.5 Å². The van der Waals surface area contributed by atoms with E-state index in [-0.39, 0.29) is 24.2 Å². The van der Waals surface area contributed by atoms with Gasteiger partial charge in [0.05, 0.1) is 12.2 Å². The lowest BCUT2D eigenvalue weighted by molar-refractivity contribution is -0.117. The van der Waals surface area contributed by atoms with Crippen molar-refractivity contribution in [2.75, 3.05) is 25.0 Å². The summed E-state index contributed by atoms with van der Waals surface area (Å²) in [6, 6.07) is 6.28. The van der Waals surface area contributed by atoms with Gasteiger partial charge in [-0.3, -0.25) is 9.69 Å². The summed E-state index contributed by atoms with van der Waals surface area (Å²) in [5.74, 6) is -0.129. The molecule has 3 N–H and O–H groups in total. The van der Waals surface area contributed by atoms with E-state index in [4.69, 9.17) is 5.73 Å². The van der Waals surface area contributed by atoms with Gasteiger partial charge in [0.2, 0.25) is 5.91 Å². The molecule has 0 spiro atoms. The van der Waals surface area contributed by atoms with E-state index in [2.05, 4.69) is 12.2 Å². The molecule has 1 aliphatic heterocycles. The number of hydrogen-bond donors (Lipinski definition) is 2. The first kappa shape index (κ1) is 14.0. The van der Waals surface area contributed by atoms with Gasteiger partial charge >= 0.3 is 0 Å². The average molecular weight is 265 g/mol. The van der Waals surface area contributed by atoms with E-state index < -0.39 is 5.82 Å². The molecule has 1 fully saturated rings. The van der Waals surface area contributed by atoms with Gasteiger partial charge in [0.25, 0.3) is 0 Å². The molecule has 4 nitrogen and oxygen atoms in total. The summed E-state index contributed by atoms with van der Waals surface area (Å²) < 4.78 is 13.4. The Kier molecular flexibility index (Phi) is 4.50. The third kappa shape index (κ3) is 4.01. The van der Waals surface area contributed by atoms with Crippen LogP contribution in [-0.4, -0.2) is 36.5 Å². The number of likely N-dealkylation sites (tertiary alicyclic amines) is 1. The van der Waals surface area contributed by atoms with Crippen molar-refractivity contribution in [3.05, 3.63) is 30.1 Å². The first-order valence-corrected chi connectivity index (χ1v) is 6.57. The summed E-state index contributed by atoms with van der Waals surface area (Å²) in [6.07, 6.45) is 0.992. The first-order chi connectivity index (χ1) is 9.04. The number of hydrogen-bond acceptors (Lipinski definition) is 3. The predicted octanol–water partition coefficient (Wildman–Crippen LogP) is 1.43. The molecule has 2 unspecified atom stereocenters. The zero-order chi connectivity index (χ0) is 13.8. The second kappa shape index (κ2) is 6.12. The van der Waals surface area contributed by atoms with Gasteiger partial charge in [-0.15, -0.1) is 0 Å². The number of rotatable bonds is 3. The molecule has 0 aromatic heterocycles. The van der Waals surface area contributed by atoms with Crippen LogP contribution in [0.2, 0.25) is 0 Å². The predicted molar refractivity (Wildman–Crippen MR) is 73.2 cm³/mol. The molecule has 5 heteroatoms. The Balaban J connectivity index is 1.89. The van der Waals surface area contributed by atoms with E-state index in [9.17, 15) is 9.18 Å². The number of carbonyl (C=O) groups is 1. The number of halogens is 1. The summed E-state index contributed by atoms with van der Waals surface area (Å²) in [5, 5.41) is 2.59. The van der Waals surface area contributed by atoms with Crippen molar-refractivity contribution in [1.82, 2.24) is 4.90 Å². The highest BCUT2D eigenvalue weighted by Crippen LogP contribution is 2.16. The van der Waals surface area contributed by atoms with Crippen LogP contribution in [0.4, 0.5) is 10.1 Å². The number of para-hydroxylation sites is 1. The number of nitrogens with zero attached hydrogens (tertiary/aromatic N) is 1. The van der Waals surface area contributed by atoms with Crippen LogP contribution in [0.15, 0.2) is 24.3 Å². The maximum absolute atomic E-state index is 13.4. The van der Waals surface area contributed by atoms with Crippen LogP contribution in [-0.2, 0) is 4.79 Å². The summed E-state index contributed by atoms with van der Waals surface area (Å²) in [4.78, 5) is 13.9. The summed E-state index contributed by atoms with van der Waals surface area (Å²) in [6.45, 7) is 3.96. The SMILES string of the molecule is CC1CC(N)CN(CC(=O)Nc2ccccc2F)C1. The standard InChI is InChI=1S/C14H20FN3O/c1-10-6-11(16)8-18(7-10)9-14(19)17-13-5-3-2-4-12(13)15/h2-5,10-11H,6-9,16H2,1H3,(H,17,19). The lowest BCUT2D eigenvalue weighted by atomic mass is 9.97. The third-order valence-corrected chi connectivity index (χ3v) is 3.28. The lowest BCUT2D eigenvalue weighted by Crippen LogP contribution is -2.48. The van der Waals surface area contributed by atoms with Crippen LogP contribution in [0, 0.1) is 11.7 Å². The van der Waals surface area contributed by atoms with Crippen molar-refractivity contribution >= 4 is 11.6 Å². The van der Waals surface area contributed by atoms with Crippen molar-refractivity contribution in [3.63, 3.8) is 0 Å². The Hall–Kier alpha value is -1.46. The Labute approximate surface area is 112 Å². The minimum atomic E-state index is -0.417. The monoisotopic (exact) mass is 265 g/mol. The van der Waals surface area contributed by atoms with Gasteiger partial charge in [-0.25, -0.2) is 4.39 Å². The topological polar surface area (TPSA) is 58.4 Å². The molecule has 1 saturated heterocycles. The highest BCUT2D eigenvalue weighted by Gasteiger charge is 2.23. The van der Waals surface area contributed by atoms with Crippen molar-refractivity contribution < 1.29 is 9.18 Å². The van der Waals surface area contributed by atoms with Crippen LogP contribution in [0.5, 0.6) is 0 Å². The molecule has 0 aliphatic carbocycles. The van der Waals surface area contributed by atoms with Gasteiger partial charge in [-0.2, -0.15) is 0 Å². The number of nitrogens with two attached hydrogens (primary N) is 1. The fourth-order valence-corrected chi connectivity index (χ4v) is 2.60. The molecule has 1 aromatic rings. The molecular formula is C14H20FN3O. The number of carbonyl (C=O) groups excluding carboxylic acids is 1. The van der Waals surface area contributed by atoms with Crippen LogP contribution in [0.1, 0.15) is 13.3 Å². The fraction of sp³-hybridized carbons (Fsp3) is 0.500. The van der Waals surface area contributed by atoms with E-state index in [1.165, 1.54) is 6.07 Å². The third-order valence-electron chi connectivity index (χ3n) is 3.28. The Morgan fingerprint density at radius 1 is 1.47 bits per heavy atom. The summed E-state index contributed by atoms with van der Waals surface area (Å²) in [5.41, 5.74) is 6.16. The van der Waals surface area contributed by atoms with Gasteiger partial charge in [0, 0.05) is 19.1 Å².